The number of amides is 2. The Morgan fingerprint density at radius 3 is 2.33 bits per heavy atom. The number of benzene rings is 2. The first-order valence-corrected chi connectivity index (χ1v) is 9.87. The molecule has 2 amide bonds. The molecule has 0 spiro atoms. The summed E-state index contributed by atoms with van der Waals surface area (Å²) < 4.78 is 0. The summed E-state index contributed by atoms with van der Waals surface area (Å²) in [5.74, 6) is -2.03. The molecule has 0 heterocycles. The molecular weight excluding hydrogens is 406 g/mol. The number of hydrogen-bond donors (Lipinski definition) is 5. The number of anilines is 2. The van der Waals surface area contributed by atoms with Crippen LogP contribution in [0.4, 0.5) is 11.4 Å². The van der Waals surface area contributed by atoms with Crippen LogP contribution in [-0.2, 0) is 14.4 Å². The minimum atomic E-state index is -0.984. The number of carboxylic acid groups (broad SMARTS) is 1. The van der Waals surface area contributed by atoms with Gasteiger partial charge < -0.3 is 21.5 Å². The summed E-state index contributed by atoms with van der Waals surface area (Å²) >= 11 is 3.99. The van der Waals surface area contributed by atoms with Crippen LogP contribution in [0.3, 0.4) is 0 Å². The van der Waals surface area contributed by atoms with Crippen molar-refractivity contribution in [3.63, 3.8) is 0 Å². The van der Waals surface area contributed by atoms with Gasteiger partial charge in [0.05, 0.1) is 11.7 Å². The Morgan fingerprint density at radius 2 is 1.70 bits per heavy atom. The number of carbonyl (C=O) groups is 4. The highest BCUT2D eigenvalue weighted by Crippen LogP contribution is 2.24. The summed E-state index contributed by atoms with van der Waals surface area (Å²) in [5, 5.41) is 14.0. The van der Waals surface area contributed by atoms with E-state index < -0.39 is 23.8 Å². The molecule has 1 atom stereocenters. The van der Waals surface area contributed by atoms with E-state index in [1.54, 1.807) is 30.3 Å². The van der Waals surface area contributed by atoms with Gasteiger partial charge in [-0.05, 0) is 24.6 Å². The fourth-order valence-corrected chi connectivity index (χ4v) is 2.76. The predicted octanol–water partition coefficient (Wildman–Crippen LogP) is 2.31. The average Bonchev–Trinajstić information content (AvgIpc) is 2.74. The van der Waals surface area contributed by atoms with Gasteiger partial charge in [-0.25, -0.2) is 0 Å². The van der Waals surface area contributed by atoms with E-state index in [0.717, 1.165) is 0 Å². The normalized spacial score (nSPS) is 11.4. The summed E-state index contributed by atoms with van der Waals surface area (Å²) in [6, 6.07) is 12.2. The number of thiol groups is 1. The minimum Gasteiger partial charge on any atom is -0.481 e. The SMILES string of the molecule is N[C@@H](CS)C(=O)Nc1ccc(NC(=O)CCCC(=O)O)c(C(=O)c2ccccc2)c1. The summed E-state index contributed by atoms with van der Waals surface area (Å²) in [6.45, 7) is 0. The Bertz CT molecular complexity index is 933. The number of carbonyl (C=O) groups excluding carboxylic acids is 3. The molecule has 2 rings (SSSR count). The molecule has 0 aliphatic rings. The van der Waals surface area contributed by atoms with Gasteiger partial charge in [-0.1, -0.05) is 30.3 Å². The Morgan fingerprint density at radius 1 is 1.00 bits per heavy atom. The third kappa shape index (κ3) is 6.71. The molecule has 0 fully saturated rings. The fourth-order valence-electron chi connectivity index (χ4n) is 2.59. The van der Waals surface area contributed by atoms with Gasteiger partial charge in [0.1, 0.15) is 0 Å². The Kier molecular flexibility index (Phi) is 8.57. The summed E-state index contributed by atoms with van der Waals surface area (Å²) in [5.41, 5.74) is 6.87. The second kappa shape index (κ2) is 11.1. The largest absolute Gasteiger partial charge is 0.481 e. The molecule has 158 valence electrons. The van der Waals surface area contributed by atoms with E-state index in [4.69, 9.17) is 10.8 Å². The van der Waals surface area contributed by atoms with Crippen LogP contribution in [0.1, 0.15) is 35.2 Å². The van der Waals surface area contributed by atoms with Gasteiger partial charge in [-0.15, -0.1) is 0 Å². The van der Waals surface area contributed by atoms with E-state index in [-0.39, 0.29) is 42.0 Å². The van der Waals surface area contributed by atoms with Crippen molar-refractivity contribution in [2.24, 2.45) is 5.73 Å². The smallest absolute Gasteiger partial charge is 0.303 e. The Balaban J connectivity index is 2.28. The molecule has 0 unspecified atom stereocenters. The lowest BCUT2D eigenvalue weighted by atomic mass is 10.0. The van der Waals surface area contributed by atoms with Gasteiger partial charge in [0.2, 0.25) is 11.8 Å². The molecule has 30 heavy (non-hydrogen) atoms. The van der Waals surface area contributed by atoms with Gasteiger partial charge >= 0.3 is 5.97 Å². The first-order valence-electron chi connectivity index (χ1n) is 9.24. The second-order valence-electron chi connectivity index (χ2n) is 6.53. The van der Waals surface area contributed by atoms with Crippen molar-refractivity contribution in [1.29, 1.82) is 0 Å². The first kappa shape index (κ1) is 23.1. The number of hydrogen-bond acceptors (Lipinski definition) is 6. The van der Waals surface area contributed by atoms with Gasteiger partial charge in [0.15, 0.2) is 5.78 Å². The van der Waals surface area contributed by atoms with Crippen LogP contribution in [0.25, 0.3) is 0 Å². The molecule has 2 aromatic carbocycles. The molecule has 0 aliphatic carbocycles. The van der Waals surface area contributed by atoms with Crippen molar-refractivity contribution in [3.8, 4) is 0 Å². The summed E-state index contributed by atoms with van der Waals surface area (Å²) in [7, 11) is 0. The van der Waals surface area contributed by atoms with Crippen LogP contribution in [0.15, 0.2) is 48.5 Å². The number of aliphatic carboxylic acids is 1. The van der Waals surface area contributed by atoms with Gasteiger partial charge in [-0.3, -0.25) is 19.2 Å². The van der Waals surface area contributed by atoms with E-state index in [1.165, 1.54) is 18.2 Å². The van der Waals surface area contributed by atoms with E-state index in [9.17, 15) is 19.2 Å². The third-order valence-corrected chi connectivity index (χ3v) is 4.56. The molecule has 0 aliphatic heterocycles. The highest BCUT2D eigenvalue weighted by Gasteiger charge is 2.18. The van der Waals surface area contributed by atoms with E-state index in [0.29, 0.717) is 11.3 Å². The maximum absolute atomic E-state index is 13.0. The van der Waals surface area contributed by atoms with Crippen LogP contribution in [-0.4, -0.2) is 40.5 Å². The van der Waals surface area contributed by atoms with Crippen molar-refractivity contribution in [3.05, 3.63) is 59.7 Å². The second-order valence-corrected chi connectivity index (χ2v) is 6.89. The molecule has 0 radical (unpaired) electrons. The fraction of sp³-hybridized carbons (Fsp3) is 0.238. The average molecular weight is 429 g/mol. The van der Waals surface area contributed by atoms with Crippen LogP contribution in [0, 0.1) is 0 Å². The van der Waals surface area contributed by atoms with E-state index >= 15 is 0 Å². The molecule has 0 saturated heterocycles. The Labute approximate surface area is 179 Å². The van der Waals surface area contributed by atoms with E-state index in [1.807, 2.05) is 0 Å². The van der Waals surface area contributed by atoms with Crippen LogP contribution < -0.4 is 16.4 Å². The zero-order valence-corrected chi connectivity index (χ0v) is 17.0. The highest BCUT2D eigenvalue weighted by atomic mass is 32.1. The van der Waals surface area contributed by atoms with Gasteiger partial charge in [0, 0.05) is 35.4 Å². The van der Waals surface area contributed by atoms with Crippen molar-refractivity contribution < 1.29 is 24.3 Å². The number of rotatable bonds is 10. The molecule has 0 aromatic heterocycles. The maximum atomic E-state index is 13.0. The monoisotopic (exact) mass is 429 g/mol. The lowest BCUT2D eigenvalue weighted by Crippen LogP contribution is -2.37. The van der Waals surface area contributed by atoms with Crippen molar-refractivity contribution in [2.75, 3.05) is 16.4 Å². The van der Waals surface area contributed by atoms with Crippen LogP contribution in [0.2, 0.25) is 0 Å². The number of carboxylic acids is 1. The number of ketones is 1. The molecule has 0 saturated carbocycles. The molecule has 9 heteroatoms. The molecule has 2 aromatic rings. The topological polar surface area (TPSA) is 139 Å². The van der Waals surface area contributed by atoms with E-state index in [2.05, 4.69) is 23.3 Å². The first-order chi connectivity index (χ1) is 14.3. The van der Waals surface area contributed by atoms with Crippen molar-refractivity contribution >= 4 is 47.6 Å². The minimum absolute atomic E-state index is 0.000548. The van der Waals surface area contributed by atoms with Crippen molar-refractivity contribution in [1.82, 2.24) is 0 Å². The van der Waals surface area contributed by atoms with Gasteiger partial charge in [-0.2, -0.15) is 12.6 Å². The molecule has 8 nitrogen and oxygen atoms in total. The van der Waals surface area contributed by atoms with Crippen molar-refractivity contribution in [2.45, 2.75) is 25.3 Å². The Hall–Kier alpha value is -3.17. The van der Waals surface area contributed by atoms with Gasteiger partial charge in [0.25, 0.3) is 0 Å². The quantitative estimate of drug-likeness (QED) is 0.290. The molecule has 0 bridgehead atoms. The lowest BCUT2D eigenvalue weighted by molar-refractivity contribution is -0.137. The molecule has 5 N–H and O–H groups in total. The zero-order chi connectivity index (χ0) is 22.1. The van der Waals surface area contributed by atoms with Crippen LogP contribution >= 0.6 is 12.6 Å². The number of nitrogens with two attached hydrogens (primary N) is 1. The number of nitrogens with one attached hydrogen (secondary N) is 2. The third-order valence-electron chi connectivity index (χ3n) is 4.17. The standard InChI is InChI=1S/C21H23N3O5S/c22-16(12-30)21(29)23-14-9-10-17(24-18(25)7-4-8-19(26)27)15(11-14)20(28)13-5-2-1-3-6-13/h1-3,5-6,9-11,16,30H,4,7-8,12,22H2,(H,23,29)(H,24,25)(H,26,27)/t16-/m0/s1. The predicted molar refractivity (Wildman–Crippen MR) is 117 cm³/mol. The lowest BCUT2D eigenvalue weighted by Gasteiger charge is -2.14. The summed E-state index contributed by atoms with van der Waals surface area (Å²) in [4.78, 5) is 47.8. The molecular formula is C21H23N3O5S. The highest BCUT2D eigenvalue weighted by molar-refractivity contribution is 7.80. The maximum Gasteiger partial charge on any atom is 0.303 e. The zero-order valence-electron chi connectivity index (χ0n) is 16.1. The van der Waals surface area contributed by atoms with Crippen LogP contribution in [0.5, 0.6) is 0 Å². The summed E-state index contributed by atoms with van der Waals surface area (Å²) in [6.07, 6.45) is 0.0546.